The molecule has 1 fully saturated rings. The molecule has 1 saturated heterocycles. The minimum absolute atomic E-state index is 0.110. The van der Waals surface area contributed by atoms with E-state index in [1.54, 1.807) is 18.2 Å². The van der Waals surface area contributed by atoms with E-state index >= 15 is 0 Å². The number of alkyl halides is 6. The molecule has 11 heteroatoms. The number of halogens is 8. The predicted octanol–water partition coefficient (Wildman–Crippen LogP) is 5.51. The average molecular weight is 472 g/mol. The summed E-state index contributed by atoms with van der Waals surface area (Å²) < 4.78 is 78.5. The summed E-state index contributed by atoms with van der Waals surface area (Å²) in [5.41, 5.74) is 9.82. The maximum Gasteiger partial charge on any atom is 0.416 e. The standard InChI is InChI=1S/C19H17Cl2F6N3/c20-13-2-1-9(3-14(13)21)4-15(28)17-8-16(29-30-17)10-5-11(18(22,23)24)7-12(6-10)19(25,26)27/h1-3,5-7,15-17,29-30H,4,8,28H2. The van der Waals surface area contributed by atoms with Crippen LogP contribution in [0.1, 0.15) is 34.7 Å². The molecule has 0 spiro atoms. The molecule has 0 aromatic heterocycles. The Balaban J connectivity index is 1.77. The van der Waals surface area contributed by atoms with Crippen LogP contribution in [0.5, 0.6) is 0 Å². The lowest BCUT2D eigenvalue weighted by atomic mass is 9.93. The summed E-state index contributed by atoms with van der Waals surface area (Å²) in [5.74, 6) is 0. The van der Waals surface area contributed by atoms with Gasteiger partial charge in [-0.2, -0.15) is 26.3 Å². The zero-order valence-corrected chi connectivity index (χ0v) is 16.7. The first-order valence-electron chi connectivity index (χ1n) is 8.84. The Morgan fingerprint density at radius 2 is 1.50 bits per heavy atom. The van der Waals surface area contributed by atoms with E-state index in [9.17, 15) is 26.3 Å². The van der Waals surface area contributed by atoms with Crippen molar-refractivity contribution in [2.45, 2.75) is 43.3 Å². The number of nitrogens with two attached hydrogens (primary N) is 1. The summed E-state index contributed by atoms with van der Waals surface area (Å²) in [6.45, 7) is 0. The third kappa shape index (κ3) is 5.39. The Morgan fingerprint density at radius 1 is 0.900 bits per heavy atom. The Bertz CT molecular complexity index is 884. The Hall–Kier alpha value is -1.52. The Morgan fingerprint density at radius 3 is 2.03 bits per heavy atom. The van der Waals surface area contributed by atoms with Gasteiger partial charge in [-0.15, -0.1) is 0 Å². The van der Waals surface area contributed by atoms with Crippen molar-refractivity contribution in [3.8, 4) is 0 Å². The molecule has 3 rings (SSSR count). The molecule has 164 valence electrons. The quantitative estimate of drug-likeness (QED) is 0.515. The fourth-order valence-electron chi connectivity index (χ4n) is 3.34. The molecule has 2 aromatic carbocycles. The maximum absolute atomic E-state index is 13.1. The fourth-order valence-corrected chi connectivity index (χ4v) is 3.66. The number of hydrogen-bond acceptors (Lipinski definition) is 3. The van der Waals surface area contributed by atoms with E-state index in [2.05, 4.69) is 10.9 Å². The number of rotatable bonds is 4. The molecule has 0 radical (unpaired) electrons. The van der Waals surface area contributed by atoms with Gasteiger partial charge in [0.25, 0.3) is 0 Å². The fraction of sp³-hybridized carbons (Fsp3) is 0.368. The van der Waals surface area contributed by atoms with E-state index in [0.717, 1.165) is 17.7 Å². The van der Waals surface area contributed by atoms with Crippen molar-refractivity contribution < 1.29 is 26.3 Å². The zero-order valence-electron chi connectivity index (χ0n) is 15.2. The Labute approximate surface area is 178 Å². The summed E-state index contributed by atoms with van der Waals surface area (Å²) >= 11 is 11.9. The summed E-state index contributed by atoms with van der Waals surface area (Å²) in [4.78, 5) is 0. The molecule has 1 aliphatic heterocycles. The van der Waals surface area contributed by atoms with Crippen LogP contribution in [0.25, 0.3) is 0 Å². The van der Waals surface area contributed by atoms with E-state index in [4.69, 9.17) is 28.9 Å². The van der Waals surface area contributed by atoms with Gasteiger partial charge in [-0.25, -0.2) is 5.43 Å². The highest BCUT2D eigenvalue weighted by Gasteiger charge is 2.38. The molecule has 2 aromatic rings. The SMILES string of the molecule is NC(Cc1ccc(Cl)c(Cl)c1)C1CC(c2cc(C(F)(F)F)cc(C(F)(F)F)c2)NN1. The highest BCUT2D eigenvalue weighted by Crippen LogP contribution is 2.38. The first kappa shape index (κ1) is 23.1. The van der Waals surface area contributed by atoms with Gasteiger partial charge < -0.3 is 5.73 Å². The zero-order chi connectivity index (χ0) is 22.3. The molecule has 3 nitrogen and oxygen atoms in total. The highest BCUT2D eigenvalue weighted by molar-refractivity contribution is 6.42. The van der Waals surface area contributed by atoms with Gasteiger partial charge in [0.05, 0.1) is 21.2 Å². The van der Waals surface area contributed by atoms with Crippen molar-refractivity contribution in [3.05, 3.63) is 68.7 Å². The van der Waals surface area contributed by atoms with E-state index in [1.165, 1.54) is 0 Å². The smallest absolute Gasteiger partial charge is 0.326 e. The van der Waals surface area contributed by atoms with Crippen LogP contribution in [0, 0.1) is 0 Å². The van der Waals surface area contributed by atoms with E-state index < -0.39 is 35.6 Å². The second-order valence-electron chi connectivity index (χ2n) is 7.14. The highest BCUT2D eigenvalue weighted by atomic mass is 35.5. The van der Waals surface area contributed by atoms with Crippen LogP contribution in [0.2, 0.25) is 10.0 Å². The van der Waals surface area contributed by atoms with Crippen LogP contribution in [0.3, 0.4) is 0 Å². The van der Waals surface area contributed by atoms with Crippen molar-refractivity contribution in [1.29, 1.82) is 0 Å². The maximum atomic E-state index is 13.1. The molecule has 0 saturated carbocycles. The third-order valence-electron chi connectivity index (χ3n) is 4.92. The second-order valence-corrected chi connectivity index (χ2v) is 7.95. The van der Waals surface area contributed by atoms with Crippen LogP contribution in [-0.4, -0.2) is 12.1 Å². The molecule has 3 atom stereocenters. The van der Waals surface area contributed by atoms with Gasteiger partial charge >= 0.3 is 12.4 Å². The number of hydrazine groups is 1. The molecule has 30 heavy (non-hydrogen) atoms. The monoisotopic (exact) mass is 471 g/mol. The van der Waals surface area contributed by atoms with Crippen molar-refractivity contribution in [2.24, 2.45) is 5.73 Å². The lowest BCUT2D eigenvalue weighted by Crippen LogP contribution is -2.45. The minimum atomic E-state index is -4.90. The van der Waals surface area contributed by atoms with Crippen LogP contribution < -0.4 is 16.6 Å². The van der Waals surface area contributed by atoms with Crippen molar-refractivity contribution >= 4 is 23.2 Å². The van der Waals surface area contributed by atoms with E-state index in [0.29, 0.717) is 16.5 Å². The molecule has 3 unspecified atom stereocenters. The number of hydrogen-bond donors (Lipinski definition) is 3. The van der Waals surface area contributed by atoms with Gasteiger partial charge in [0.15, 0.2) is 0 Å². The van der Waals surface area contributed by atoms with Gasteiger partial charge in [-0.3, -0.25) is 5.43 Å². The first-order chi connectivity index (χ1) is 13.8. The predicted molar refractivity (Wildman–Crippen MR) is 102 cm³/mol. The number of nitrogens with one attached hydrogen (secondary N) is 2. The lowest BCUT2D eigenvalue weighted by molar-refractivity contribution is -0.143. The molecule has 1 heterocycles. The van der Waals surface area contributed by atoms with Crippen molar-refractivity contribution in [2.75, 3.05) is 0 Å². The summed E-state index contributed by atoms with van der Waals surface area (Å²) in [7, 11) is 0. The largest absolute Gasteiger partial charge is 0.416 e. The van der Waals surface area contributed by atoms with Crippen LogP contribution >= 0.6 is 23.2 Å². The third-order valence-corrected chi connectivity index (χ3v) is 5.66. The molecule has 1 aliphatic rings. The molecular formula is C19H17Cl2F6N3. The molecule has 0 amide bonds. The summed E-state index contributed by atoms with van der Waals surface area (Å²) in [5, 5.41) is 0.750. The van der Waals surface area contributed by atoms with E-state index in [1.807, 2.05) is 0 Å². The summed E-state index contributed by atoms with van der Waals surface area (Å²) in [6.07, 6.45) is -9.20. The summed E-state index contributed by atoms with van der Waals surface area (Å²) in [6, 6.07) is 4.97. The topological polar surface area (TPSA) is 50.1 Å². The van der Waals surface area contributed by atoms with Gasteiger partial charge in [0.2, 0.25) is 0 Å². The van der Waals surface area contributed by atoms with Gasteiger partial charge in [-0.05, 0) is 54.3 Å². The van der Waals surface area contributed by atoms with Crippen molar-refractivity contribution in [3.63, 3.8) is 0 Å². The van der Waals surface area contributed by atoms with Crippen LogP contribution in [0.15, 0.2) is 36.4 Å². The number of benzene rings is 2. The van der Waals surface area contributed by atoms with Crippen LogP contribution in [-0.2, 0) is 18.8 Å². The van der Waals surface area contributed by atoms with Gasteiger partial charge in [-0.1, -0.05) is 29.3 Å². The second kappa shape index (κ2) is 8.55. The normalized spacial score (nSPS) is 21.1. The van der Waals surface area contributed by atoms with Gasteiger partial charge in [0, 0.05) is 18.1 Å². The average Bonchev–Trinajstić information content (AvgIpc) is 3.13. The minimum Gasteiger partial charge on any atom is -0.326 e. The van der Waals surface area contributed by atoms with E-state index in [-0.39, 0.29) is 24.1 Å². The van der Waals surface area contributed by atoms with Crippen molar-refractivity contribution in [1.82, 2.24) is 10.9 Å². The van der Waals surface area contributed by atoms with Crippen LogP contribution in [0.4, 0.5) is 26.3 Å². The lowest BCUT2D eigenvalue weighted by Gasteiger charge is -2.19. The molecular weight excluding hydrogens is 455 g/mol. The molecule has 4 N–H and O–H groups in total. The Kier molecular flexibility index (Phi) is 6.60. The van der Waals surface area contributed by atoms with Gasteiger partial charge in [0.1, 0.15) is 0 Å². The molecule has 0 bridgehead atoms. The molecule has 0 aliphatic carbocycles. The first-order valence-corrected chi connectivity index (χ1v) is 9.60.